The van der Waals surface area contributed by atoms with Gasteiger partial charge in [0.2, 0.25) is 0 Å². The van der Waals surface area contributed by atoms with Gasteiger partial charge in [-0.15, -0.1) is 0 Å². The van der Waals surface area contributed by atoms with Crippen molar-refractivity contribution in [3.05, 3.63) is 52.9 Å². The average Bonchev–Trinajstić information content (AvgIpc) is 2.49. The van der Waals surface area contributed by atoms with Crippen LogP contribution < -0.4 is 5.32 Å². The third-order valence-electron chi connectivity index (χ3n) is 3.73. The Balaban J connectivity index is 1.58. The maximum absolute atomic E-state index is 4.25. The second kappa shape index (κ2) is 7.00. The lowest BCUT2D eigenvalue weighted by Gasteiger charge is -2.33. The number of hydrogen-bond acceptors (Lipinski definition) is 4. The molecule has 1 unspecified atom stereocenters. The number of nitrogens with zero attached hydrogens (tertiary/aromatic N) is 3. The predicted octanol–water partition coefficient (Wildman–Crippen LogP) is 3.32. The van der Waals surface area contributed by atoms with E-state index in [2.05, 4.69) is 60.4 Å². The molecule has 1 aliphatic heterocycles. The van der Waals surface area contributed by atoms with Crippen molar-refractivity contribution in [3.8, 4) is 0 Å². The minimum atomic E-state index is 0.459. The molecule has 0 radical (unpaired) electrons. The SMILES string of the molecule is Brc1cccc(CN2CCCC(Nc3ccncn3)C2)c1. The van der Waals surface area contributed by atoms with Crippen LogP contribution in [0, 0.1) is 0 Å². The molecule has 1 aromatic carbocycles. The first-order valence-corrected chi connectivity index (χ1v) is 8.08. The van der Waals surface area contributed by atoms with E-state index >= 15 is 0 Å². The van der Waals surface area contributed by atoms with E-state index in [-0.39, 0.29) is 0 Å². The van der Waals surface area contributed by atoms with Gasteiger partial charge in [0.25, 0.3) is 0 Å². The van der Waals surface area contributed by atoms with Gasteiger partial charge in [-0.3, -0.25) is 4.90 Å². The molecule has 1 atom stereocenters. The highest BCUT2D eigenvalue weighted by Gasteiger charge is 2.20. The standard InChI is InChI=1S/C16H19BrN4/c17-14-4-1-3-13(9-14)10-21-8-2-5-15(11-21)20-16-6-7-18-12-19-16/h1,3-4,6-7,9,12,15H,2,5,8,10-11H2,(H,18,19,20). The molecule has 1 aromatic heterocycles. The number of anilines is 1. The minimum Gasteiger partial charge on any atom is -0.366 e. The van der Waals surface area contributed by atoms with Gasteiger partial charge in [-0.25, -0.2) is 9.97 Å². The van der Waals surface area contributed by atoms with Gasteiger partial charge in [0.05, 0.1) is 0 Å². The van der Waals surface area contributed by atoms with Crippen molar-refractivity contribution < 1.29 is 0 Å². The first-order chi connectivity index (χ1) is 10.3. The normalized spacial score (nSPS) is 19.4. The van der Waals surface area contributed by atoms with Crippen molar-refractivity contribution in [2.45, 2.75) is 25.4 Å². The largest absolute Gasteiger partial charge is 0.366 e. The second-order valence-corrected chi connectivity index (χ2v) is 6.36. The van der Waals surface area contributed by atoms with Gasteiger partial charge in [-0.2, -0.15) is 0 Å². The number of likely N-dealkylation sites (tertiary alicyclic amines) is 1. The zero-order chi connectivity index (χ0) is 14.5. The molecule has 4 nitrogen and oxygen atoms in total. The summed E-state index contributed by atoms with van der Waals surface area (Å²) in [4.78, 5) is 10.7. The number of hydrogen-bond donors (Lipinski definition) is 1. The highest BCUT2D eigenvalue weighted by molar-refractivity contribution is 9.10. The lowest BCUT2D eigenvalue weighted by Crippen LogP contribution is -2.41. The lowest BCUT2D eigenvalue weighted by molar-refractivity contribution is 0.208. The van der Waals surface area contributed by atoms with Crippen LogP contribution in [-0.4, -0.2) is 34.0 Å². The van der Waals surface area contributed by atoms with Crippen LogP contribution in [0.25, 0.3) is 0 Å². The smallest absolute Gasteiger partial charge is 0.129 e. The summed E-state index contributed by atoms with van der Waals surface area (Å²) < 4.78 is 1.15. The molecule has 1 fully saturated rings. The monoisotopic (exact) mass is 346 g/mol. The molecule has 0 saturated carbocycles. The number of halogens is 1. The van der Waals surface area contributed by atoms with E-state index in [0.717, 1.165) is 29.9 Å². The Hall–Kier alpha value is -1.46. The molecule has 0 spiro atoms. The molecule has 0 bridgehead atoms. The third-order valence-corrected chi connectivity index (χ3v) is 4.23. The Bertz CT molecular complexity index is 575. The van der Waals surface area contributed by atoms with Crippen molar-refractivity contribution in [1.29, 1.82) is 0 Å². The van der Waals surface area contributed by atoms with E-state index in [1.54, 1.807) is 12.5 Å². The van der Waals surface area contributed by atoms with Crippen LogP contribution in [0.1, 0.15) is 18.4 Å². The Kier molecular flexibility index (Phi) is 4.83. The van der Waals surface area contributed by atoms with Gasteiger partial charge in [0, 0.05) is 29.8 Å². The van der Waals surface area contributed by atoms with E-state index in [9.17, 15) is 0 Å². The van der Waals surface area contributed by atoms with Crippen molar-refractivity contribution >= 4 is 21.7 Å². The van der Waals surface area contributed by atoms with Crippen LogP contribution >= 0.6 is 15.9 Å². The van der Waals surface area contributed by atoms with Crippen LogP contribution in [0.5, 0.6) is 0 Å². The maximum Gasteiger partial charge on any atom is 0.129 e. The summed E-state index contributed by atoms with van der Waals surface area (Å²) in [7, 11) is 0. The molecule has 3 rings (SSSR count). The second-order valence-electron chi connectivity index (χ2n) is 5.44. The zero-order valence-electron chi connectivity index (χ0n) is 11.9. The first-order valence-electron chi connectivity index (χ1n) is 7.29. The average molecular weight is 347 g/mol. The highest BCUT2D eigenvalue weighted by atomic mass is 79.9. The van der Waals surface area contributed by atoms with E-state index in [1.165, 1.54) is 18.4 Å². The van der Waals surface area contributed by atoms with Gasteiger partial charge in [-0.1, -0.05) is 28.1 Å². The van der Waals surface area contributed by atoms with Gasteiger partial charge in [0.1, 0.15) is 12.1 Å². The minimum absolute atomic E-state index is 0.459. The molecule has 5 heteroatoms. The number of aromatic nitrogens is 2. The van der Waals surface area contributed by atoms with Crippen LogP contribution in [0.4, 0.5) is 5.82 Å². The number of nitrogens with one attached hydrogen (secondary N) is 1. The highest BCUT2D eigenvalue weighted by Crippen LogP contribution is 2.18. The Morgan fingerprint density at radius 1 is 1.33 bits per heavy atom. The van der Waals surface area contributed by atoms with Crippen molar-refractivity contribution in [2.75, 3.05) is 18.4 Å². The van der Waals surface area contributed by atoms with Crippen molar-refractivity contribution in [2.24, 2.45) is 0 Å². The number of benzene rings is 1. The van der Waals surface area contributed by atoms with Crippen molar-refractivity contribution in [1.82, 2.24) is 14.9 Å². The molecule has 21 heavy (non-hydrogen) atoms. The summed E-state index contributed by atoms with van der Waals surface area (Å²) in [5.74, 6) is 0.916. The fourth-order valence-corrected chi connectivity index (χ4v) is 3.24. The van der Waals surface area contributed by atoms with Gasteiger partial charge < -0.3 is 5.32 Å². The molecule has 0 aliphatic carbocycles. The molecular formula is C16H19BrN4. The molecule has 0 amide bonds. The molecule has 2 heterocycles. The van der Waals surface area contributed by atoms with Gasteiger partial charge in [-0.05, 0) is 43.1 Å². The lowest BCUT2D eigenvalue weighted by atomic mass is 10.0. The van der Waals surface area contributed by atoms with Crippen LogP contribution in [-0.2, 0) is 6.54 Å². The number of piperidine rings is 1. The summed E-state index contributed by atoms with van der Waals surface area (Å²) in [5, 5.41) is 3.51. The summed E-state index contributed by atoms with van der Waals surface area (Å²) >= 11 is 3.54. The molecular weight excluding hydrogens is 328 g/mol. The zero-order valence-corrected chi connectivity index (χ0v) is 13.5. The maximum atomic E-state index is 4.25. The third kappa shape index (κ3) is 4.25. The Labute approximate surface area is 133 Å². The first kappa shape index (κ1) is 14.5. The van der Waals surface area contributed by atoms with E-state index in [0.29, 0.717) is 6.04 Å². The van der Waals surface area contributed by atoms with Gasteiger partial charge >= 0.3 is 0 Å². The molecule has 1 aliphatic rings. The summed E-state index contributed by atoms with van der Waals surface area (Å²) in [6, 6.07) is 10.9. The van der Waals surface area contributed by atoms with Crippen molar-refractivity contribution in [3.63, 3.8) is 0 Å². The summed E-state index contributed by atoms with van der Waals surface area (Å²) in [6.07, 6.45) is 5.78. The molecule has 2 aromatic rings. The summed E-state index contributed by atoms with van der Waals surface area (Å²) in [5.41, 5.74) is 1.35. The van der Waals surface area contributed by atoms with Gasteiger partial charge in [0.15, 0.2) is 0 Å². The molecule has 110 valence electrons. The van der Waals surface area contributed by atoms with Crippen LogP contribution in [0.15, 0.2) is 47.3 Å². The Morgan fingerprint density at radius 3 is 3.10 bits per heavy atom. The quantitative estimate of drug-likeness (QED) is 0.921. The molecule has 1 saturated heterocycles. The van der Waals surface area contributed by atoms with E-state index in [4.69, 9.17) is 0 Å². The fourth-order valence-electron chi connectivity index (χ4n) is 2.80. The Morgan fingerprint density at radius 2 is 2.29 bits per heavy atom. The van der Waals surface area contributed by atoms with E-state index < -0.39 is 0 Å². The topological polar surface area (TPSA) is 41.0 Å². The number of rotatable bonds is 4. The summed E-state index contributed by atoms with van der Waals surface area (Å²) in [6.45, 7) is 3.21. The van der Waals surface area contributed by atoms with Crippen LogP contribution in [0.3, 0.4) is 0 Å². The molecule has 1 N–H and O–H groups in total. The fraction of sp³-hybridized carbons (Fsp3) is 0.375. The van der Waals surface area contributed by atoms with Crippen LogP contribution in [0.2, 0.25) is 0 Å². The van der Waals surface area contributed by atoms with E-state index in [1.807, 2.05) is 6.07 Å². The predicted molar refractivity (Wildman–Crippen MR) is 88.1 cm³/mol.